The van der Waals surface area contributed by atoms with Crippen molar-refractivity contribution in [3.8, 4) is 5.88 Å². The first-order valence-electron chi connectivity index (χ1n) is 8.12. The Morgan fingerprint density at radius 3 is 2.68 bits per heavy atom. The summed E-state index contributed by atoms with van der Waals surface area (Å²) in [6.45, 7) is 6.22. The Bertz CT molecular complexity index is 906. The van der Waals surface area contributed by atoms with Gasteiger partial charge in [-0.25, -0.2) is 4.98 Å². The predicted octanol–water partition coefficient (Wildman–Crippen LogP) is 1.65. The van der Waals surface area contributed by atoms with E-state index in [4.69, 9.17) is 4.42 Å². The Balaban J connectivity index is 1.71. The molecule has 0 aliphatic carbocycles. The van der Waals surface area contributed by atoms with Gasteiger partial charge in [0.1, 0.15) is 23.9 Å². The van der Waals surface area contributed by atoms with Crippen LogP contribution in [-0.2, 0) is 4.79 Å². The lowest BCUT2D eigenvalue weighted by atomic mass is 10.1. The van der Waals surface area contributed by atoms with Crippen molar-refractivity contribution in [2.45, 2.75) is 19.9 Å². The molecule has 1 N–H and O–H groups in total. The number of carbonyl (C=O) groups is 1. The van der Waals surface area contributed by atoms with Crippen molar-refractivity contribution in [3.05, 3.63) is 34.9 Å². The van der Waals surface area contributed by atoms with E-state index in [0.717, 1.165) is 16.4 Å². The number of piperazine rings is 1. The summed E-state index contributed by atoms with van der Waals surface area (Å²) in [4.78, 5) is 21.2. The maximum Gasteiger partial charge on any atom is 0.230 e. The number of furan rings is 1. The first kappa shape index (κ1) is 16.1. The summed E-state index contributed by atoms with van der Waals surface area (Å²) in [6, 6.07) is 3.63. The van der Waals surface area contributed by atoms with E-state index in [1.165, 1.54) is 22.2 Å². The zero-order valence-corrected chi connectivity index (χ0v) is 14.9. The molecule has 0 radical (unpaired) electrons. The molecule has 8 nitrogen and oxygen atoms in total. The van der Waals surface area contributed by atoms with Crippen LogP contribution in [0, 0.1) is 6.92 Å². The number of rotatable bonds is 3. The fourth-order valence-corrected chi connectivity index (χ4v) is 4.31. The van der Waals surface area contributed by atoms with E-state index in [2.05, 4.69) is 15.0 Å². The molecule has 4 heterocycles. The zero-order valence-electron chi connectivity index (χ0n) is 14.0. The van der Waals surface area contributed by atoms with Crippen molar-refractivity contribution < 1.29 is 14.3 Å². The van der Waals surface area contributed by atoms with Gasteiger partial charge >= 0.3 is 0 Å². The van der Waals surface area contributed by atoms with Crippen LogP contribution in [0.3, 0.4) is 0 Å². The Hall–Kier alpha value is -2.39. The van der Waals surface area contributed by atoms with Gasteiger partial charge in [-0.3, -0.25) is 9.69 Å². The average Bonchev–Trinajstić information content (AvgIpc) is 3.29. The number of aromatic nitrogens is 3. The smallest absolute Gasteiger partial charge is 0.230 e. The van der Waals surface area contributed by atoms with Crippen LogP contribution < -0.4 is 0 Å². The lowest BCUT2D eigenvalue weighted by Crippen LogP contribution is -2.49. The molecule has 3 aromatic rings. The van der Waals surface area contributed by atoms with Gasteiger partial charge < -0.3 is 14.4 Å². The molecule has 25 heavy (non-hydrogen) atoms. The molecule has 1 fully saturated rings. The Morgan fingerprint density at radius 2 is 2.08 bits per heavy atom. The number of aryl methyl sites for hydroxylation is 1. The summed E-state index contributed by atoms with van der Waals surface area (Å²) in [5.74, 6) is 1.77. The molecule has 4 rings (SSSR count). The molecule has 1 aliphatic rings. The van der Waals surface area contributed by atoms with Crippen LogP contribution in [-0.4, -0.2) is 61.6 Å². The highest BCUT2D eigenvalue weighted by Gasteiger charge is 2.33. The normalized spacial score (nSPS) is 17.3. The van der Waals surface area contributed by atoms with E-state index in [1.807, 2.05) is 24.0 Å². The van der Waals surface area contributed by atoms with Crippen LogP contribution >= 0.6 is 11.3 Å². The van der Waals surface area contributed by atoms with Gasteiger partial charge in [0.05, 0.1) is 4.88 Å². The fourth-order valence-electron chi connectivity index (χ4n) is 3.24. The summed E-state index contributed by atoms with van der Waals surface area (Å²) < 4.78 is 7.32. The Morgan fingerprint density at radius 1 is 1.32 bits per heavy atom. The average molecular weight is 361 g/mol. The molecular weight excluding hydrogens is 342 g/mol. The highest BCUT2D eigenvalue weighted by Crippen LogP contribution is 2.40. The molecule has 3 aromatic heterocycles. The van der Waals surface area contributed by atoms with E-state index in [9.17, 15) is 9.90 Å². The van der Waals surface area contributed by atoms with Crippen LogP contribution in [0.15, 0.2) is 22.9 Å². The molecule has 0 saturated carbocycles. The number of amides is 1. The van der Waals surface area contributed by atoms with Crippen molar-refractivity contribution in [3.63, 3.8) is 0 Å². The topological polar surface area (TPSA) is 87.1 Å². The maximum absolute atomic E-state index is 11.6. The second kappa shape index (κ2) is 6.16. The number of hydrogen-bond acceptors (Lipinski definition) is 7. The van der Waals surface area contributed by atoms with Crippen LogP contribution in [0.2, 0.25) is 0 Å². The Kier molecular flexibility index (Phi) is 3.97. The van der Waals surface area contributed by atoms with Crippen LogP contribution in [0.25, 0.3) is 4.96 Å². The summed E-state index contributed by atoms with van der Waals surface area (Å²) >= 11 is 1.40. The number of fused-ring (bicyclic) bond motifs is 1. The van der Waals surface area contributed by atoms with E-state index >= 15 is 0 Å². The van der Waals surface area contributed by atoms with Gasteiger partial charge in [-0.05, 0) is 19.1 Å². The third kappa shape index (κ3) is 2.79. The van der Waals surface area contributed by atoms with Gasteiger partial charge in [0.2, 0.25) is 16.7 Å². The van der Waals surface area contributed by atoms with Crippen molar-refractivity contribution >= 4 is 22.2 Å². The van der Waals surface area contributed by atoms with Crippen molar-refractivity contribution in [1.82, 2.24) is 24.4 Å². The third-order valence-corrected chi connectivity index (χ3v) is 5.63. The second-order valence-electron chi connectivity index (χ2n) is 6.14. The van der Waals surface area contributed by atoms with Crippen LogP contribution in [0.4, 0.5) is 0 Å². The second-order valence-corrected chi connectivity index (χ2v) is 7.15. The van der Waals surface area contributed by atoms with Gasteiger partial charge in [0, 0.05) is 33.1 Å². The molecule has 132 valence electrons. The minimum Gasteiger partial charge on any atom is -0.492 e. The SMILES string of the molecule is CC(=O)N1CCN(C(c2ccc(C)o2)c2sc3ncnn3c2O)CC1. The number of aromatic hydroxyl groups is 1. The summed E-state index contributed by atoms with van der Waals surface area (Å²) in [7, 11) is 0. The molecule has 0 spiro atoms. The largest absolute Gasteiger partial charge is 0.492 e. The third-order valence-electron chi connectivity index (χ3n) is 4.54. The van der Waals surface area contributed by atoms with Crippen molar-refractivity contribution in [2.75, 3.05) is 26.2 Å². The van der Waals surface area contributed by atoms with Crippen molar-refractivity contribution in [2.24, 2.45) is 0 Å². The molecule has 0 aromatic carbocycles. The number of thiazole rings is 1. The van der Waals surface area contributed by atoms with E-state index in [-0.39, 0.29) is 17.8 Å². The first-order valence-corrected chi connectivity index (χ1v) is 8.93. The van der Waals surface area contributed by atoms with E-state index in [0.29, 0.717) is 31.1 Å². The van der Waals surface area contributed by atoms with Crippen LogP contribution in [0.1, 0.15) is 29.4 Å². The highest BCUT2D eigenvalue weighted by molar-refractivity contribution is 7.17. The molecule has 1 saturated heterocycles. The van der Waals surface area contributed by atoms with E-state index < -0.39 is 0 Å². The molecule has 9 heteroatoms. The molecule has 1 atom stereocenters. The van der Waals surface area contributed by atoms with Gasteiger partial charge in [0.15, 0.2) is 0 Å². The summed E-state index contributed by atoms with van der Waals surface area (Å²) in [6.07, 6.45) is 1.42. The van der Waals surface area contributed by atoms with Gasteiger partial charge in [-0.2, -0.15) is 9.61 Å². The first-order chi connectivity index (χ1) is 12.0. The molecule has 1 amide bonds. The highest BCUT2D eigenvalue weighted by atomic mass is 32.1. The van der Waals surface area contributed by atoms with Gasteiger partial charge in [-0.15, -0.1) is 0 Å². The lowest BCUT2D eigenvalue weighted by Gasteiger charge is -2.37. The Labute approximate surface area is 148 Å². The molecular formula is C16H19N5O3S. The lowest BCUT2D eigenvalue weighted by molar-refractivity contribution is -0.130. The molecule has 1 unspecified atom stereocenters. The predicted molar refractivity (Wildman–Crippen MR) is 91.6 cm³/mol. The number of hydrogen-bond donors (Lipinski definition) is 1. The maximum atomic E-state index is 11.6. The minimum absolute atomic E-state index is 0.0885. The van der Waals surface area contributed by atoms with Crippen molar-refractivity contribution in [1.29, 1.82) is 0 Å². The summed E-state index contributed by atoms with van der Waals surface area (Å²) in [5, 5.41) is 14.7. The standard InChI is InChI=1S/C16H19N5O3S/c1-10-3-4-12(24-10)13(20-7-5-19(6-8-20)11(2)22)14-15(23)21-16(25-14)17-9-18-21/h3-4,9,13,23H,5-8H2,1-2H3. The van der Waals surface area contributed by atoms with Gasteiger partial charge in [-0.1, -0.05) is 11.3 Å². The molecule has 0 bridgehead atoms. The quantitative estimate of drug-likeness (QED) is 0.763. The fraction of sp³-hybridized carbons (Fsp3) is 0.438. The summed E-state index contributed by atoms with van der Waals surface area (Å²) in [5.41, 5.74) is 0. The zero-order chi connectivity index (χ0) is 17.6. The van der Waals surface area contributed by atoms with E-state index in [1.54, 1.807) is 6.92 Å². The number of carbonyl (C=O) groups excluding carboxylic acids is 1. The monoisotopic (exact) mass is 361 g/mol. The molecule has 1 aliphatic heterocycles. The van der Waals surface area contributed by atoms with Gasteiger partial charge in [0.25, 0.3) is 0 Å². The van der Waals surface area contributed by atoms with Crippen LogP contribution in [0.5, 0.6) is 5.88 Å². The minimum atomic E-state index is -0.226. The number of nitrogens with zero attached hydrogens (tertiary/aromatic N) is 5.